The fraction of sp³-hybridized carbons (Fsp3) is 1.00. The Morgan fingerprint density at radius 2 is 1.65 bits per heavy atom. The first-order valence-corrected chi connectivity index (χ1v) is 8.76. The van der Waals surface area contributed by atoms with Crippen molar-refractivity contribution in [2.45, 2.75) is 76.1 Å². The minimum atomic E-state index is -0.0493. The largest absolute Gasteiger partial charge is 0.378 e. The molecule has 1 rings (SSSR count). The second-order valence-electron chi connectivity index (χ2n) is 6.90. The molecule has 4 nitrogen and oxygen atoms in total. The maximum absolute atomic E-state index is 6.09. The van der Waals surface area contributed by atoms with Crippen molar-refractivity contribution in [3.8, 4) is 0 Å². The Morgan fingerprint density at radius 1 is 1.10 bits per heavy atom. The molecule has 0 saturated carbocycles. The van der Waals surface area contributed by atoms with E-state index in [0.29, 0.717) is 15.6 Å². The van der Waals surface area contributed by atoms with Crippen molar-refractivity contribution in [3.63, 3.8) is 0 Å². The lowest BCUT2D eigenvalue weighted by Crippen LogP contribution is -2.59. The van der Waals surface area contributed by atoms with Crippen LogP contribution in [0.1, 0.15) is 47.0 Å². The summed E-state index contributed by atoms with van der Waals surface area (Å²) in [7, 11) is 4.07. The van der Waals surface area contributed by atoms with E-state index in [9.17, 15) is 0 Å². The molecule has 5 heteroatoms. The van der Waals surface area contributed by atoms with E-state index >= 15 is 0 Å². The number of ether oxygens (including phenoxy) is 3. The number of nitrogens with one attached hydrogen (secondary N) is 1. The summed E-state index contributed by atoms with van der Waals surface area (Å²) < 4.78 is 16.5. The highest BCUT2D eigenvalue weighted by Gasteiger charge is 2.37. The third kappa shape index (κ3) is 6.67. The van der Waals surface area contributed by atoms with Gasteiger partial charge in [0, 0.05) is 31.9 Å². The van der Waals surface area contributed by atoms with Gasteiger partial charge in [-0.05, 0) is 47.0 Å². The molecule has 1 N–H and O–H groups in total. The Bertz CT molecular complexity index is 264. The fourth-order valence-electron chi connectivity index (χ4n) is 3.15. The summed E-state index contributed by atoms with van der Waals surface area (Å²) in [5.74, 6) is -0.0493. The van der Waals surface area contributed by atoms with Crippen molar-refractivity contribution in [1.29, 1.82) is 0 Å². The van der Waals surface area contributed by atoms with Gasteiger partial charge in [0.05, 0.1) is 6.10 Å². The standard InChI is InChI=1S/C15H31NO3Si/c1-14(2)10-12(11-15(3,4)16-14)19-8-7-9-20-13(17-5)18-6/h12-13,16H,7-11H2,1-6H3. The van der Waals surface area contributed by atoms with Crippen LogP contribution in [0, 0.1) is 0 Å². The van der Waals surface area contributed by atoms with E-state index in [2.05, 4.69) is 33.0 Å². The summed E-state index contributed by atoms with van der Waals surface area (Å²) >= 11 is 0. The molecular weight excluding hydrogens is 270 g/mol. The van der Waals surface area contributed by atoms with Crippen molar-refractivity contribution in [3.05, 3.63) is 0 Å². The number of rotatable bonds is 8. The number of hydrogen-bond donors (Lipinski definition) is 1. The van der Waals surface area contributed by atoms with E-state index in [1.54, 1.807) is 14.2 Å². The summed E-state index contributed by atoms with van der Waals surface area (Å²) in [5.41, 5.74) is 0.316. The van der Waals surface area contributed by atoms with Gasteiger partial charge in [0.1, 0.15) is 15.4 Å². The lowest BCUT2D eigenvalue weighted by atomic mass is 9.81. The molecule has 1 fully saturated rings. The molecule has 0 bridgehead atoms. The van der Waals surface area contributed by atoms with Gasteiger partial charge in [0.25, 0.3) is 0 Å². The molecule has 0 aromatic carbocycles. The predicted octanol–water partition coefficient (Wildman–Crippen LogP) is 2.40. The summed E-state index contributed by atoms with van der Waals surface area (Å²) in [5, 5.41) is 3.68. The average molecular weight is 302 g/mol. The maximum Gasteiger partial charge on any atom is 0.136 e. The van der Waals surface area contributed by atoms with E-state index in [0.717, 1.165) is 31.9 Å². The molecule has 1 heterocycles. The summed E-state index contributed by atoms with van der Waals surface area (Å²) in [6.45, 7) is 9.87. The minimum absolute atomic E-state index is 0.0493. The van der Waals surface area contributed by atoms with Crippen molar-refractivity contribution in [1.82, 2.24) is 5.32 Å². The predicted molar refractivity (Wildman–Crippen MR) is 83.3 cm³/mol. The minimum Gasteiger partial charge on any atom is -0.378 e. The van der Waals surface area contributed by atoms with E-state index in [1.807, 2.05) is 0 Å². The van der Waals surface area contributed by atoms with Crippen LogP contribution in [0.5, 0.6) is 0 Å². The van der Waals surface area contributed by atoms with Gasteiger partial charge in [-0.1, -0.05) is 6.04 Å². The van der Waals surface area contributed by atoms with Crippen LogP contribution in [-0.2, 0) is 14.2 Å². The van der Waals surface area contributed by atoms with Crippen LogP contribution in [0.3, 0.4) is 0 Å². The molecule has 1 aliphatic rings. The zero-order valence-corrected chi connectivity index (χ0v) is 14.9. The van der Waals surface area contributed by atoms with Gasteiger partial charge in [0.2, 0.25) is 0 Å². The molecule has 2 radical (unpaired) electrons. The smallest absolute Gasteiger partial charge is 0.136 e. The van der Waals surface area contributed by atoms with Gasteiger partial charge in [-0.3, -0.25) is 0 Å². The van der Waals surface area contributed by atoms with Gasteiger partial charge in [-0.15, -0.1) is 0 Å². The Labute approximate surface area is 126 Å². The van der Waals surface area contributed by atoms with E-state index in [-0.39, 0.29) is 17.0 Å². The molecular formula is C15H31NO3Si. The average Bonchev–Trinajstić information content (AvgIpc) is 2.30. The molecule has 0 atom stereocenters. The van der Waals surface area contributed by atoms with Crippen LogP contribution in [0.2, 0.25) is 6.04 Å². The second-order valence-corrected chi connectivity index (χ2v) is 8.28. The van der Waals surface area contributed by atoms with Crippen molar-refractivity contribution in [2.24, 2.45) is 0 Å². The maximum atomic E-state index is 6.09. The van der Waals surface area contributed by atoms with Gasteiger partial charge in [-0.25, -0.2) is 0 Å². The highest BCUT2D eigenvalue weighted by molar-refractivity contribution is 6.36. The fourth-order valence-corrected chi connectivity index (χ4v) is 4.07. The van der Waals surface area contributed by atoms with Gasteiger partial charge in [0.15, 0.2) is 0 Å². The first-order valence-electron chi connectivity index (χ1n) is 7.48. The quantitative estimate of drug-likeness (QED) is 0.424. The van der Waals surface area contributed by atoms with Gasteiger partial charge < -0.3 is 19.5 Å². The second kappa shape index (κ2) is 7.89. The van der Waals surface area contributed by atoms with Crippen LogP contribution < -0.4 is 5.32 Å². The van der Waals surface area contributed by atoms with Gasteiger partial charge in [-0.2, -0.15) is 0 Å². The van der Waals surface area contributed by atoms with E-state index in [1.165, 1.54) is 0 Å². The monoisotopic (exact) mass is 301 g/mol. The lowest BCUT2D eigenvalue weighted by molar-refractivity contribution is -0.0446. The van der Waals surface area contributed by atoms with Crippen LogP contribution >= 0.6 is 0 Å². The van der Waals surface area contributed by atoms with Crippen LogP contribution in [0.4, 0.5) is 0 Å². The Morgan fingerprint density at radius 3 is 2.15 bits per heavy atom. The molecule has 20 heavy (non-hydrogen) atoms. The lowest BCUT2D eigenvalue weighted by Gasteiger charge is -2.46. The number of hydrogen-bond acceptors (Lipinski definition) is 4. The van der Waals surface area contributed by atoms with Crippen molar-refractivity contribution < 1.29 is 14.2 Å². The molecule has 0 amide bonds. The van der Waals surface area contributed by atoms with Crippen LogP contribution in [-0.4, -0.2) is 53.4 Å². The Kier molecular flexibility index (Phi) is 7.15. The van der Waals surface area contributed by atoms with Crippen LogP contribution in [0.25, 0.3) is 0 Å². The molecule has 0 aromatic rings. The molecule has 0 unspecified atom stereocenters. The summed E-state index contributed by atoms with van der Waals surface area (Å²) in [6.07, 6.45) is 3.60. The topological polar surface area (TPSA) is 39.7 Å². The third-order valence-corrected chi connectivity index (χ3v) is 5.01. The van der Waals surface area contributed by atoms with E-state index in [4.69, 9.17) is 14.2 Å². The zero-order chi connectivity index (χ0) is 15.2. The molecule has 0 spiro atoms. The number of piperidine rings is 1. The van der Waals surface area contributed by atoms with Crippen molar-refractivity contribution >= 4 is 9.52 Å². The highest BCUT2D eigenvalue weighted by atomic mass is 28.2. The molecule has 118 valence electrons. The van der Waals surface area contributed by atoms with Crippen molar-refractivity contribution in [2.75, 3.05) is 20.8 Å². The molecule has 1 aliphatic heterocycles. The third-order valence-electron chi connectivity index (χ3n) is 3.57. The SMILES string of the molecule is COC(OC)[Si]CCCOC1CC(C)(C)NC(C)(C)C1. The van der Waals surface area contributed by atoms with Gasteiger partial charge >= 0.3 is 0 Å². The summed E-state index contributed by atoms with van der Waals surface area (Å²) in [6, 6.07) is 1.10. The normalized spacial score (nSPS) is 22.4. The Hall–Kier alpha value is 0.0569. The Balaban J connectivity index is 2.21. The first kappa shape index (κ1) is 18.1. The van der Waals surface area contributed by atoms with E-state index < -0.39 is 0 Å². The zero-order valence-electron chi connectivity index (χ0n) is 13.9. The molecule has 0 aromatic heterocycles. The van der Waals surface area contributed by atoms with Crippen LogP contribution in [0.15, 0.2) is 0 Å². The molecule has 1 saturated heterocycles. The first-order chi connectivity index (χ1) is 9.28. The molecule has 0 aliphatic carbocycles. The summed E-state index contributed by atoms with van der Waals surface area (Å²) in [4.78, 5) is 0. The number of methoxy groups -OCH3 is 2. The highest BCUT2D eigenvalue weighted by Crippen LogP contribution is 2.30.